The molecule has 126 valence electrons. The van der Waals surface area contributed by atoms with Crippen molar-refractivity contribution in [3.8, 4) is 5.75 Å². The second-order valence-electron chi connectivity index (χ2n) is 5.32. The molecule has 0 amide bonds. The van der Waals surface area contributed by atoms with E-state index in [2.05, 4.69) is 4.99 Å². The number of aliphatic imine (C=N–C) groups is 1. The number of hydrogen-bond donors (Lipinski definition) is 0. The predicted octanol–water partition coefficient (Wildman–Crippen LogP) is 3.26. The molecule has 2 aromatic carbocycles. The van der Waals surface area contributed by atoms with E-state index < -0.39 is 10.9 Å². The normalized spacial score (nSPS) is 15.0. The van der Waals surface area contributed by atoms with Crippen molar-refractivity contribution in [3.05, 3.63) is 75.0 Å². The molecule has 2 aromatic rings. The van der Waals surface area contributed by atoms with Gasteiger partial charge in [-0.1, -0.05) is 18.2 Å². The third-order valence-corrected chi connectivity index (χ3v) is 3.77. The Bertz CT molecular complexity index is 914. The van der Waals surface area contributed by atoms with Gasteiger partial charge in [0.05, 0.1) is 12.0 Å². The summed E-state index contributed by atoms with van der Waals surface area (Å²) in [5.41, 5.74) is 1.65. The lowest BCUT2D eigenvalue weighted by atomic mass is 10.1. The summed E-state index contributed by atoms with van der Waals surface area (Å²) in [6.07, 6.45) is 1.58. The zero-order valence-corrected chi connectivity index (χ0v) is 13.6. The van der Waals surface area contributed by atoms with Crippen LogP contribution in [-0.4, -0.2) is 23.9 Å². The standard InChI is InChI=1S/C18H14N2O5/c1-11-14(4-3-5-16(11)20(22)23)17-19-15(18(21)25-17)10-12-6-8-13(24-2)9-7-12/h3-10H,1-2H3. The number of benzene rings is 2. The smallest absolute Gasteiger partial charge is 0.363 e. The van der Waals surface area contributed by atoms with E-state index in [1.807, 2.05) is 0 Å². The Morgan fingerprint density at radius 1 is 1.20 bits per heavy atom. The molecule has 0 radical (unpaired) electrons. The van der Waals surface area contributed by atoms with E-state index in [4.69, 9.17) is 9.47 Å². The summed E-state index contributed by atoms with van der Waals surface area (Å²) in [6, 6.07) is 11.7. The van der Waals surface area contributed by atoms with Crippen LogP contribution in [0.1, 0.15) is 16.7 Å². The van der Waals surface area contributed by atoms with Crippen LogP contribution in [0.15, 0.2) is 53.2 Å². The largest absolute Gasteiger partial charge is 0.497 e. The average molecular weight is 338 g/mol. The first-order valence-electron chi connectivity index (χ1n) is 7.40. The number of nitrogens with zero attached hydrogens (tertiary/aromatic N) is 2. The van der Waals surface area contributed by atoms with Gasteiger partial charge in [-0.25, -0.2) is 9.79 Å². The monoisotopic (exact) mass is 338 g/mol. The first-order chi connectivity index (χ1) is 12.0. The number of rotatable bonds is 4. The molecule has 0 fully saturated rings. The van der Waals surface area contributed by atoms with Crippen molar-refractivity contribution < 1.29 is 19.2 Å². The minimum atomic E-state index is -0.600. The van der Waals surface area contributed by atoms with Gasteiger partial charge in [-0.3, -0.25) is 10.1 Å². The van der Waals surface area contributed by atoms with Crippen LogP contribution in [0, 0.1) is 17.0 Å². The van der Waals surface area contributed by atoms with E-state index in [0.29, 0.717) is 16.9 Å². The van der Waals surface area contributed by atoms with Crippen molar-refractivity contribution in [2.24, 2.45) is 4.99 Å². The van der Waals surface area contributed by atoms with Crippen LogP contribution in [0.4, 0.5) is 5.69 Å². The second kappa shape index (κ2) is 6.56. The minimum absolute atomic E-state index is 0.0520. The van der Waals surface area contributed by atoms with Crippen molar-refractivity contribution in [2.75, 3.05) is 7.11 Å². The Hall–Kier alpha value is -3.48. The van der Waals surface area contributed by atoms with Crippen molar-refractivity contribution in [1.82, 2.24) is 0 Å². The van der Waals surface area contributed by atoms with Gasteiger partial charge in [-0.15, -0.1) is 0 Å². The third kappa shape index (κ3) is 3.25. The maximum Gasteiger partial charge on any atom is 0.363 e. The summed E-state index contributed by atoms with van der Waals surface area (Å²) in [5, 5.41) is 11.0. The number of hydrogen-bond acceptors (Lipinski definition) is 6. The first kappa shape index (κ1) is 16.4. The third-order valence-electron chi connectivity index (χ3n) is 3.77. The van der Waals surface area contributed by atoms with Crippen molar-refractivity contribution >= 4 is 23.6 Å². The highest BCUT2D eigenvalue weighted by molar-refractivity contribution is 6.13. The molecule has 7 nitrogen and oxygen atoms in total. The number of carbonyl (C=O) groups is 1. The fraction of sp³-hybridized carbons (Fsp3) is 0.111. The molecular weight excluding hydrogens is 324 g/mol. The maximum absolute atomic E-state index is 12.1. The van der Waals surface area contributed by atoms with Gasteiger partial charge in [-0.05, 0) is 36.8 Å². The van der Waals surface area contributed by atoms with E-state index >= 15 is 0 Å². The van der Waals surface area contributed by atoms with Gasteiger partial charge in [0.15, 0.2) is 5.70 Å². The average Bonchev–Trinajstić information content (AvgIpc) is 2.96. The Labute approximate surface area is 143 Å². The summed E-state index contributed by atoms with van der Waals surface area (Å²) < 4.78 is 10.3. The molecule has 0 saturated heterocycles. The number of nitro benzene ring substituents is 1. The SMILES string of the molecule is COc1ccc(C=C2N=C(c3cccc([N+](=O)[O-])c3C)OC2=O)cc1. The van der Waals surface area contributed by atoms with Gasteiger partial charge in [0, 0.05) is 17.2 Å². The summed E-state index contributed by atoms with van der Waals surface area (Å²) in [6.45, 7) is 1.59. The Morgan fingerprint density at radius 3 is 2.56 bits per heavy atom. The van der Waals surface area contributed by atoms with Gasteiger partial charge < -0.3 is 9.47 Å². The maximum atomic E-state index is 12.1. The van der Waals surface area contributed by atoms with E-state index in [0.717, 1.165) is 5.56 Å². The number of cyclic esters (lactones) is 1. The zero-order valence-electron chi connectivity index (χ0n) is 13.6. The molecule has 1 heterocycles. The van der Waals surface area contributed by atoms with Crippen LogP contribution in [0.5, 0.6) is 5.75 Å². The molecule has 1 aliphatic rings. The highest BCUT2D eigenvalue weighted by atomic mass is 16.6. The molecule has 0 aromatic heterocycles. The number of nitro groups is 1. The molecule has 0 bridgehead atoms. The molecule has 0 atom stereocenters. The molecule has 7 heteroatoms. The summed E-state index contributed by atoms with van der Waals surface area (Å²) in [5.74, 6) is 0.162. The van der Waals surface area contributed by atoms with Crippen LogP contribution in [0.25, 0.3) is 6.08 Å². The predicted molar refractivity (Wildman–Crippen MR) is 91.4 cm³/mol. The Morgan fingerprint density at radius 2 is 1.92 bits per heavy atom. The number of ether oxygens (including phenoxy) is 2. The van der Waals surface area contributed by atoms with Gasteiger partial charge in [0.2, 0.25) is 5.90 Å². The molecule has 0 spiro atoms. The number of methoxy groups -OCH3 is 1. The van der Waals surface area contributed by atoms with Gasteiger partial charge in [-0.2, -0.15) is 0 Å². The van der Waals surface area contributed by atoms with Gasteiger partial charge >= 0.3 is 5.97 Å². The molecule has 0 saturated carbocycles. The first-order valence-corrected chi connectivity index (χ1v) is 7.40. The second-order valence-corrected chi connectivity index (χ2v) is 5.32. The van der Waals surface area contributed by atoms with Crippen molar-refractivity contribution in [2.45, 2.75) is 6.92 Å². The lowest BCUT2D eigenvalue weighted by Gasteiger charge is -2.04. The lowest BCUT2D eigenvalue weighted by Crippen LogP contribution is -2.08. The minimum Gasteiger partial charge on any atom is -0.497 e. The van der Waals surface area contributed by atoms with E-state index in [1.54, 1.807) is 50.4 Å². The molecule has 0 unspecified atom stereocenters. The summed E-state index contributed by atoms with van der Waals surface area (Å²) in [4.78, 5) is 26.8. The molecule has 0 N–H and O–H groups in total. The molecule has 1 aliphatic heterocycles. The van der Waals surface area contributed by atoms with Crippen molar-refractivity contribution in [3.63, 3.8) is 0 Å². The fourth-order valence-electron chi connectivity index (χ4n) is 2.44. The zero-order chi connectivity index (χ0) is 18.0. The van der Waals surface area contributed by atoms with Crippen LogP contribution in [-0.2, 0) is 9.53 Å². The van der Waals surface area contributed by atoms with Crippen LogP contribution >= 0.6 is 0 Å². The van der Waals surface area contributed by atoms with Crippen LogP contribution in [0.2, 0.25) is 0 Å². The molecule has 0 aliphatic carbocycles. The van der Waals surface area contributed by atoms with E-state index in [9.17, 15) is 14.9 Å². The highest BCUT2D eigenvalue weighted by Crippen LogP contribution is 2.26. The quantitative estimate of drug-likeness (QED) is 0.369. The molecular formula is C18H14N2O5. The van der Waals surface area contributed by atoms with Gasteiger partial charge in [0.25, 0.3) is 5.69 Å². The Kier molecular flexibility index (Phi) is 4.30. The van der Waals surface area contributed by atoms with E-state index in [-0.39, 0.29) is 17.3 Å². The Balaban J connectivity index is 1.96. The summed E-state index contributed by atoms with van der Waals surface area (Å²) in [7, 11) is 1.57. The molecule has 3 rings (SSSR count). The number of carbonyl (C=O) groups excluding carboxylic acids is 1. The topological polar surface area (TPSA) is 91.0 Å². The van der Waals surface area contributed by atoms with Crippen LogP contribution < -0.4 is 4.74 Å². The van der Waals surface area contributed by atoms with E-state index in [1.165, 1.54) is 12.1 Å². The van der Waals surface area contributed by atoms with Gasteiger partial charge in [0.1, 0.15) is 5.75 Å². The summed E-state index contributed by atoms with van der Waals surface area (Å²) >= 11 is 0. The lowest BCUT2D eigenvalue weighted by molar-refractivity contribution is -0.385. The highest BCUT2D eigenvalue weighted by Gasteiger charge is 2.27. The fourth-order valence-corrected chi connectivity index (χ4v) is 2.44. The van der Waals surface area contributed by atoms with Crippen LogP contribution in [0.3, 0.4) is 0 Å². The number of esters is 1. The molecule has 25 heavy (non-hydrogen) atoms. The van der Waals surface area contributed by atoms with Crippen molar-refractivity contribution in [1.29, 1.82) is 0 Å².